The van der Waals surface area contributed by atoms with Gasteiger partial charge in [0.15, 0.2) is 0 Å². The molecule has 0 aliphatic heterocycles. The van der Waals surface area contributed by atoms with E-state index in [2.05, 4.69) is 16.9 Å². The molecule has 0 bridgehead atoms. The summed E-state index contributed by atoms with van der Waals surface area (Å²) in [6, 6.07) is 2.80. The normalized spacial score (nSPS) is 12.6. The van der Waals surface area contributed by atoms with Crippen molar-refractivity contribution in [2.75, 3.05) is 0 Å². The van der Waals surface area contributed by atoms with Crippen LogP contribution in [0.4, 0.5) is 4.39 Å². The topological polar surface area (TPSA) is 50.9 Å². The second-order valence-corrected chi connectivity index (χ2v) is 4.13. The molecule has 0 spiro atoms. The summed E-state index contributed by atoms with van der Waals surface area (Å²) in [6.45, 7) is 2.91. The zero-order chi connectivity index (χ0) is 13.0. The largest absolute Gasteiger partial charge is 0.386 e. The summed E-state index contributed by atoms with van der Waals surface area (Å²) in [6.07, 6.45) is 5.30. The Morgan fingerprint density at radius 3 is 2.94 bits per heavy atom. The minimum Gasteiger partial charge on any atom is -0.386 e. The number of aliphatic hydroxyl groups is 1. The van der Waals surface area contributed by atoms with Crippen LogP contribution in [0.5, 0.6) is 0 Å². The van der Waals surface area contributed by atoms with E-state index < -0.39 is 11.9 Å². The molecule has 1 unspecified atom stereocenters. The molecule has 0 amide bonds. The molecule has 0 aliphatic rings. The van der Waals surface area contributed by atoms with Crippen molar-refractivity contribution in [1.82, 2.24) is 14.5 Å². The minimum absolute atomic E-state index is 0.0727. The van der Waals surface area contributed by atoms with E-state index in [1.807, 2.05) is 10.8 Å². The monoisotopic (exact) mass is 249 g/mol. The van der Waals surface area contributed by atoms with E-state index in [4.69, 9.17) is 0 Å². The third kappa shape index (κ3) is 2.73. The van der Waals surface area contributed by atoms with Crippen LogP contribution in [0.3, 0.4) is 0 Å². The van der Waals surface area contributed by atoms with Crippen molar-refractivity contribution >= 4 is 0 Å². The van der Waals surface area contributed by atoms with Crippen molar-refractivity contribution in [3.8, 4) is 0 Å². The predicted molar refractivity (Wildman–Crippen MR) is 65.4 cm³/mol. The highest BCUT2D eigenvalue weighted by Gasteiger charge is 2.16. The first-order valence-electron chi connectivity index (χ1n) is 6.01. The van der Waals surface area contributed by atoms with Gasteiger partial charge in [-0.05, 0) is 18.6 Å². The molecule has 5 heteroatoms. The van der Waals surface area contributed by atoms with Crippen molar-refractivity contribution in [2.24, 2.45) is 0 Å². The molecule has 1 N–H and O–H groups in total. The Morgan fingerprint density at radius 1 is 1.39 bits per heavy atom. The Balaban J connectivity index is 2.14. The Hall–Kier alpha value is -1.75. The fraction of sp³-hybridized carbons (Fsp3) is 0.385. The maximum absolute atomic E-state index is 13.5. The first-order valence-corrected chi connectivity index (χ1v) is 6.01. The minimum atomic E-state index is -0.968. The fourth-order valence-corrected chi connectivity index (χ4v) is 1.89. The quantitative estimate of drug-likeness (QED) is 0.882. The number of rotatable bonds is 5. The molecule has 2 heterocycles. The molecule has 4 nitrogen and oxygen atoms in total. The first kappa shape index (κ1) is 12.7. The van der Waals surface area contributed by atoms with E-state index in [-0.39, 0.29) is 12.1 Å². The Kier molecular flexibility index (Phi) is 4.04. The van der Waals surface area contributed by atoms with Gasteiger partial charge in [-0.2, -0.15) is 0 Å². The molecule has 0 radical (unpaired) electrons. The molecule has 18 heavy (non-hydrogen) atoms. The summed E-state index contributed by atoms with van der Waals surface area (Å²) in [5.74, 6) is 0.257. The van der Waals surface area contributed by atoms with E-state index in [0.717, 1.165) is 18.8 Å². The van der Waals surface area contributed by atoms with Gasteiger partial charge in [-0.3, -0.25) is 4.98 Å². The summed E-state index contributed by atoms with van der Waals surface area (Å²) in [5, 5.41) is 10.0. The highest BCUT2D eigenvalue weighted by atomic mass is 19.1. The van der Waals surface area contributed by atoms with Crippen LogP contribution in [0.2, 0.25) is 0 Å². The lowest BCUT2D eigenvalue weighted by Gasteiger charge is -2.12. The molecule has 0 saturated carbocycles. The fourth-order valence-electron chi connectivity index (χ4n) is 1.89. The van der Waals surface area contributed by atoms with Crippen LogP contribution < -0.4 is 0 Å². The molecule has 2 aromatic heterocycles. The average molecular weight is 249 g/mol. The number of hydrogen-bond acceptors (Lipinski definition) is 3. The lowest BCUT2D eigenvalue weighted by molar-refractivity contribution is 0.164. The van der Waals surface area contributed by atoms with Crippen molar-refractivity contribution in [3.63, 3.8) is 0 Å². The zero-order valence-corrected chi connectivity index (χ0v) is 10.3. The van der Waals surface area contributed by atoms with Crippen LogP contribution in [0.25, 0.3) is 0 Å². The first-order chi connectivity index (χ1) is 8.72. The standard InChI is InChI=1S/C13H16FN3O/c1-2-7-17-8-6-15-12(17)9-11(18)13-10(14)4-3-5-16-13/h3-6,8,11,18H,2,7,9H2,1H3. The number of pyridine rings is 1. The van der Waals surface area contributed by atoms with Gasteiger partial charge in [0.1, 0.15) is 23.4 Å². The highest BCUT2D eigenvalue weighted by Crippen LogP contribution is 2.18. The molecule has 0 aromatic carbocycles. The number of nitrogens with zero attached hydrogens (tertiary/aromatic N) is 3. The van der Waals surface area contributed by atoms with Gasteiger partial charge in [-0.1, -0.05) is 6.92 Å². The van der Waals surface area contributed by atoms with E-state index in [1.54, 1.807) is 6.20 Å². The van der Waals surface area contributed by atoms with Crippen molar-refractivity contribution in [3.05, 3.63) is 48.1 Å². The highest BCUT2D eigenvalue weighted by molar-refractivity contribution is 5.11. The lowest BCUT2D eigenvalue weighted by atomic mass is 10.1. The van der Waals surface area contributed by atoms with E-state index in [0.29, 0.717) is 0 Å². The predicted octanol–water partition coefficient (Wildman–Crippen LogP) is 2.10. The maximum Gasteiger partial charge on any atom is 0.147 e. The third-order valence-corrected chi connectivity index (χ3v) is 2.74. The molecule has 96 valence electrons. The van der Waals surface area contributed by atoms with Gasteiger partial charge in [-0.15, -0.1) is 0 Å². The van der Waals surface area contributed by atoms with Crippen molar-refractivity contribution in [1.29, 1.82) is 0 Å². The van der Waals surface area contributed by atoms with Crippen LogP contribution in [0.1, 0.15) is 31.0 Å². The Morgan fingerprint density at radius 2 is 2.22 bits per heavy atom. The van der Waals surface area contributed by atoms with E-state index in [1.165, 1.54) is 18.3 Å². The molecule has 2 rings (SSSR count). The summed E-state index contributed by atoms with van der Waals surface area (Å²) >= 11 is 0. The van der Waals surface area contributed by atoms with E-state index in [9.17, 15) is 9.50 Å². The van der Waals surface area contributed by atoms with Crippen LogP contribution in [0, 0.1) is 5.82 Å². The number of hydrogen-bond donors (Lipinski definition) is 1. The zero-order valence-electron chi connectivity index (χ0n) is 10.3. The number of halogens is 1. The number of aryl methyl sites for hydroxylation is 1. The molecular formula is C13H16FN3O. The van der Waals surface area contributed by atoms with Gasteiger partial charge in [0.25, 0.3) is 0 Å². The van der Waals surface area contributed by atoms with Gasteiger partial charge < -0.3 is 9.67 Å². The van der Waals surface area contributed by atoms with Gasteiger partial charge in [0.2, 0.25) is 0 Å². The van der Waals surface area contributed by atoms with Crippen LogP contribution in [0.15, 0.2) is 30.7 Å². The molecule has 1 atom stereocenters. The number of aromatic nitrogens is 3. The van der Waals surface area contributed by atoms with Crippen LogP contribution >= 0.6 is 0 Å². The second kappa shape index (κ2) is 5.73. The van der Waals surface area contributed by atoms with Gasteiger partial charge in [0.05, 0.1) is 0 Å². The summed E-state index contributed by atoms with van der Waals surface area (Å²) in [4.78, 5) is 8.06. The SMILES string of the molecule is CCCn1ccnc1CC(O)c1ncccc1F. The molecule has 2 aromatic rings. The number of imidazole rings is 1. The smallest absolute Gasteiger partial charge is 0.147 e. The van der Waals surface area contributed by atoms with Crippen LogP contribution in [-0.4, -0.2) is 19.6 Å². The van der Waals surface area contributed by atoms with Gasteiger partial charge in [0, 0.05) is 31.6 Å². The second-order valence-electron chi connectivity index (χ2n) is 4.13. The molecule has 0 saturated heterocycles. The number of aliphatic hydroxyl groups excluding tert-OH is 1. The Bertz CT molecular complexity index is 512. The summed E-state index contributed by atoms with van der Waals surface area (Å²) < 4.78 is 15.4. The van der Waals surface area contributed by atoms with Crippen LogP contribution in [-0.2, 0) is 13.0 Å². The average Bonchev–Trinajstić information content (AvgIpc) is 2.78. The molecule has 0 fully saturated rings. The lowest BCUT2D eigenvalue weighted by Crippen LogP contribution is -2.11. The summed E-state index contributed by atoms with van der Waals surface area (Å²) in [5.41, 5.74) is 0.0727. The van der Waals surface area contributed by atoms with Crippen molar-refractivity contribution < 1.29 is 9.50 Å². The Labute approximate surface area is 105 Å². The van der Waals surface area contributed by atoms with Gasteiger partial charge in [-0.25, -0.2) is 9.37 Å². The summed E-state index contributed by atoms with van der Waals surface area (Å²) in [7, 11) is 0. The molecular weight excluding hydrogens is 233 g/mol. The van der Waals surface area contributed by atoms with Crippen molar-refractivity contribution in [2.45, 2.75) is 32.4 Å². The maximum atomic E-state index is 13.5. The molecule has 0 aliphatic carbocycles. The third-order valence-electron chi connectivity index (χ3n) is 2.74. The van der Waals surface area contributed by atoms with Gasteiger partial charge >= 0.3 is 0 Å². The van der Waals surface area contributed by atoms with E-state index >= 15 is 0 Å².